The van der Waals surface area contributed by atoms with Crippen LogP contribution in [0.4, 0.5) is 0 Å². The van der Waals surface area contributed by atoms with E-state index in [-0.39, 0.29) is 24.1 Å². The molecule has 88 valence electrons. The van der Waals surface area contributed by atoms with Crippen molar-refractivity contribution < 1.29 is 14.6 Å². The topological polar surface area (TPSA) is 46.5 Å². The number of rotatable bonds is 7. The number of hydrogen-bond acceptors (Lipinski definition) is 3. The Morgan fingerprint density at radius 2 is 2.13 bits per heavy atom. The Balaban J connectivity index is 2.17. The van der Waals surface area contributed by atoms with Gasteiger partial charge in [-0.15, -0.1) is 0 Å². The second-order valence-electron chi connectivity index (χ2n) is 4.52. The lowest BCUT2D eigenvalue weighted by Gasteiger charge is -2.35. The first kappa shape index (κ1) is 12.5. The van der Waals surface area contributed by atoms with Crippen LogP contribution >= 0.6 is 0 Å². The molecule has 1 heterocycles. The molecule has 0 spiro atoms. The lowest BCUT2D eigenvalue weighted by Crippen LogP contribution is -2.46. The molecule has 0 bridgehead atoms. The summed E-state index contributed by atoms with van der Waals surface area (Å²) in [4.78, 5) is 11.2. The third-order valence-electron chi connectivity index (χ3n) is 2.96. The molecule has 3 atom stereocenters. The number of unbranched alkanes of at least 4 members (excludes halogenated alkanes) is 3. The molecule has 0 aromatic heterocycles. The molecule has 0 aromatic carbocycles. The minimum absolute atomic E-state index is 0.0286. The van der Waals surface area contributed by atoms with Gasteiger partial charge in [-0.3, -0.25) is 4.79 Å². The summed E-state index contributed by atoms with van der Waals surface area (Å²) < 4.78 is 5.02. The molecule has 3 nitrogen and oxygen atoms in total. The zero-order chi connectivity index (χ0) is 11.3. The second kappa shape index (κ2) is 6.11. The van der Waals surface area contributed by atoms with Crippen molar-refractivity contribution in [1.82, 2.24) is 0 Å². The van der Waals surface area contributed by atoms with Gasteiger partial charge < -0.3 is 9.84 Å². The monoisotopic (exact) mass is 214 g/mol. The highest BCUT2D eigenvalue weighted by molar-refractivity contribution is 5.78. The van der Waals surface area contributed by atoms with E-state index in [1.807, 2.05) is 0 Å². The van der Waals surface area contributed by atoms with E-state index in [4.69, 9.17) is 4.74 Å². The van der Waals surface area contributed by atoms with E-state index >= 15 is 0 Å². The highest BCUT2D eigenvalue weighted by atomic mass is 16.6. The zero-order valence-electron chi connectivity index (χ0n) is 9.74. The lowest BCUT2D eigenvalue weighted by atomic mass is 9.88. The average Bonchev–Trinajstić information content (AvgIpc) is 2.16. The van der Waals surface area contributed by atoms with Gasteiger partial charge in [0, 0.05) is 6.42 Å². The molecule has 0 amide bonds. The maximum absolute atomic E-state index is 11.2. The van der Waals surface area contributed by atoms with Gasteiger partial charge in [-0.05, 0) is 13.3 Å². The van der Waals surface area contributed by atoms with Gasteiger partial charge in [0.05, 0.1) is 12.0 Å². The van der Waals surface area contributed by atoms with Crippen LogP contribution in [0, 0.1) is 5.92 Å². The Kier molecular flexibility index (Phi) is 5.09. The fourth-order valence-corrected chi connectivity index (χ4v) is 2.04. The quantitative estimate of drug-likeness (QED) is 0.522. The summed E-state index contributed by atoms with van der Waals surface area (Å²) in [6.07, 6.45) is 5.86. The number of esters is 1. The van der Waals surface area contributed by atoms with E-state index in [0.717, 1.165) is 12.8 Å². The first-order chi connectivity index (χ1) is 7.15. The third-order valence-corrected chi connectivity index (χ3v) is 2.96. The summed E-state index contributed by atoms with van der Waals surface area (Å²) in [7, 11) is 0. The van der Waals surface area contributed by atoms with Gasteiger partial charge in [0.25, 0.3) is 0 Å². The molecule has 1 aliphatic heterocycles. The summed E-state index contributed by atoms with van der Waals surface area (Å²) in [6, 6.07) is 0. The Bertz CT molecular complexity index is 201. The fraction of sp³-hybridized carbons (Fsp3) is 0.917. The maximum Gasteiger partial charge on any atom is 0.313 e. The van der Waals surface area contributed by atoms with E-state index in [9.17, 15) is 9.90 Å². The largest absolute Gasteiger partial charge is 0.461 e. The van der Waals surface area contributed by atoms with E-state index in [1.165, 1.54) is 19.3 Å². The Hall–Kier alpha value is -0.570. The molecule has 3 unspecified atom stereocenters. The van der Waals surface area contributed by atoms with Gasteiger partial charge in [-0.25, -0.2) is 0 Å². The SMILES string of the molecule is CCCCCCC1C(=O)OC1CC(C)O. The van der Waals surface area contributed by atoms with Gasteiger partial charge in [0.2, 0.25) is 0 Å². The van der Waals surface area contributed by atoms with Crippen LogP contribution in [0.2, 0.25) is 0 Å². The van der Waals surface area contributed by atoms with E-state index in [0.29, 0.717) is 6.42 Å². The highest BCUT2D eigenvalue weighted by Gasteiger charge is 2.41. The van der Waals surface area contributed by atoms with Crippen molar-refractivity contribution in [3.05, 3.63) is 0 Å². The number of aliphatic hydroxyl groups is 1. The summed E-state index contributed by atoms with van der Waals surface area (Å²) in [5.41, 5.74) is 0. The van der Waals surface area contributed by atoms with Crippen molar-refractivity contribution >= 4 is 5.97 Å². The van der Waals surface area contributed by atoms with E-state index in [2.05, 4.69) is 6.92 Å². The van der Waals surface area contributed by atoms with Crippen LogP contribution < -0.4 is 0 Å². The van der Waals surface area contributed by atoms with Gasteiger partial charge in [0.15, 0.2) is 0 Å². The molecule has 0 radical (unpaired) electrons. The average molecular weight is 214 g/mol. The highest BCUT2D eigenvalue weighted by Crippen LogP contribution is 2.30. The number of cyclic esters (lactones) is 1. The summed E-state index contributed by atoms with van der Waals surface area (Å²) in [6.45, 7) is 3.91. The molecule has 15 heavy (non-hydrogen) atoms. The number of carbonyl (C=O) groups excluding carboxylic acids is 1. The van der Waals surface area contributed by atoms with Gasteiger partial charge in [-0.2, -0.15) is 0 Å². The van der Waals surface area contributed by atoms with E-state index in [1.54, 1.807) is 6.92 Å². The van der Waals surface area contributed by atoms with Gasteiger partial charge in [-0.1, -0.05) is 32.6 Å². The molecule has 1 N–H and O–H groups in total. The molecule has 0 aliphatic carbocycles. The van der Waals surface area contributed by atoms with Crippen LogP contribution in [0.3, 0.4) is 0 Å². The Labute approximate surface area is 91.8 Å². The van der Waals surface area contributed by atoms with Gasteiger partial charge in [0.1, 0.15) is 6.10 Å². The molecule has 1 aliphatic rings. The lowest BCUT2D eigenvalue weighted by molar-refractivity contribution is -0.188. The molecule has 1 saturated heterocycles. The molecular weight excluding hydrogens is 192 g/mol. The number of aliphatic hydroxyl groups excluding tert-OH is 1. The normalized spacial score (nSPS) is 27.0. The van der Waals surface area contributed by atoms with Crippen molar-refractivity contribution in [2.75, 3.05) is 0 Å². The third kappa shape index (κ3) is 3.82. The van der Waals surface area contributed by atoms with Crippen molar-refractivity contribution in [3.63, 3.8) is 0 Å². The molecule has 1 fully saturated rings. The smallest absolute Gasteiger partial charge is 0.313 e. The first-order valence-corrected chi connectivity index (χ1v) is 6.03. The predicted molar refractivity (Wildman–Crippen MR) is 58.4 cm³/mol. The van der Waals surface area contributed by atoms with Crippen molar-refractivity contribution in [2.24, 2.45) is 5.92 Å². The summed E-state index contributed by atoms with van der Waals surface area (Å²) in [5, 5.41) is 9.21. The minimum atomic E-state index is -0.374. The van der Waals surface area contributed by atoms with Crippen LogP contribution in [0.25, 0.3) is 0 Å². The zero-order valence-corrected chi connectivity index (χ0v) is 9.74. The number of carbonyl (C=O) groups is 1. The van der Waals surface area contributed by atoms with Crippen LogP contribution in [0.15, 0.2) is 0 Å². The molecule has 1 rings (SSSR count). The number of hydrogen-bond donors (Lipinski definition) is 1. The van der Waals surface area contributed by atoms with Crippen LogP contribution in [0.5, 0.6) is 0 Å². The molecule has 3 heteroatoms. The fourth-order valence-electron chi connectivity index (χ4n) is 2.04. The molecule has 0 aromatic rings. The Morgan fingerprint density at radius 1 is 1.40 bits per heavy atom. The summed E-state index contributed by atoms with van der Waals surface area (Å²) >= 11 is 0. The second-order valence-corrected chi connectivity index (χ2v) is 4.52. The molecule has 0 saturated carbocycles. The van der Waals surface area contributed by atoms with Crippen molar-refractivity contribution in [2.45, 2.75) is 64.6 Å². The van der Waals surface area contributed by atoms with Gasteiger partial charge >= 0.3 is 5.97 Å². The van der Waals surface area contributed by atoms with Crippen molar-refractivity contribution in [3.8, 4) is 0 Å². The minimum Gasteiger partial charge on any atom is -0.461 e. The predicted octanol–water partition coefficient (Wildman–Crippen LogP) is 2.27. The Morgan fingerprint density at radius 3 is 2.67 bits per heavy atom. The summed E-state index contributed by atoms with van der Waals surface area (Å²) in [5.74, 6) is -0.0198. The maximum atomic E-state index is 11.2. The van der Waals surface area contributed by atoms with Crippen LogP contribution in [-0.4, -0.2) is 23.3 Å². The van der Waals surface area contributed by atoms with Crippen LogP contribution in [-0.2, 0) is 9.53 Å². The molecular formula is C12H22O3. The standard InChI is InChI=1S/C12H22O3/c1-3-4-5-6-7-10-11(8-9(2)13)15-12(10)14/h9-11,13H,3-8H2,1-2H3. The number of ether oxygens (including phenoxy) is 1. The first-order valence-electron chi connectivity index (χ1n) is 6.03. The van der Waals surface area contributed by atoms with Crippen molar-refractivity contribution in [1.29, 1.82) is 0 Å². The van der Waals surface area contributed by atoms with Crippen LogP contribution in [0.1, 0.15) is 52.4 Å². The van der Waals surface area contributed by atoms with E-state index < -0.39 is 0 Å².